The smallest absolute Gasteiger partial charge is 0.311 e. The van der Waals surface area contributed by atoms with Crippen molar-refractivity contribution in [1.29, 1.82) is 0 Å². The number of carboxylic acid groups (broad SMARTS) is 1. The van der Waals surface area contributed by atoms with Gasteiger partial charge in [-0.25, -0.2) is 0 Å². The number of hydrogen-bond acceptors (Lipinski definition) is 2. The average Bonchev–Trinajstić information content (AvgIpc) is 2.89. The van der Waals surface area contributed by atoms with Crippen molar-refractivity contribution in [3.8, 4) is 0 Å². The zero-order valence-corrected chi connectivity index (χ0v) is 13.5. The molecule has 2 nitrogen and oxygen atoms in total. The molecule has 1 unspecified atom stereocenters. The maximum Gasteiger partial charge on any atom is 0.311 e. The number of thiophene rings is 1. The lowest BCUT2D eigenvalue weighted by molar-refractivity contribution is -0.138. The second kappa shape index (κ2) is 6.00. The number of benzene rings is 2. The minimum Gasteiger partial charge on any atom is -0.481 e. The quantitative estimate of drug-likeness (QED) is 0.704. The van der Waals surface area contributed by atoms with E-state index < -0.39 is 11.9 Å². The van der Waals surface area contributed by atoms with E-state index in [-0.39, 0.29) is 0 Å². The van der Waals surface area contributed by atoms with E-state index in [2.05, 4.69) is 33.4 Å². The molecule has 0 aliphatic carbocycles. The Morgan fingerprint density at radius 1 is 1.14 bits per heavy atom. The molecule has 2 aromatic carbocycles. The molecule has 0 aliphatic rings. The normalized spacial score (nSPS) is 12.4. The highest BCUT2D eigenvalue weighted by molar-refractivity contribution is 9.10. The first-order valence-electron chi connectivity index (χ1n) is 6.58. The summed E-state index contributed by atoms with van der Waals surface area (Å²) in [5.41, 5.74) is 1.94. The van der Waals surface area contributed by atoms with Gasteiger partial charge in [-0.05, 0) is 46.5 Å². The number of halogens is 1. The third-order valence-electron chi connectivity index (χ3n) is 3.56. The van der Waals surface area contributed by atoms with Crippen molar-refractivity contribution in [3.63, 3.8) is 0 Å². The van der Waals surface area contributed by atoms with E-state index in [0.29, 0.717) is 6.42 Å². The summed E-state index contributed by atoms with van der Waals surface area (Å²) >= 11 is 5.04. The van der Waals surface area contributed by atoms with Gasteiger partial charge in [0.1, 0.15) is 0 Å². The van der Waals surface area contributed by atoms with Gasteiger partial charge < -0.3 is 5.11 Å². The molecule has 21 heavy (non-hydrogen) atoms. The molecule has 0 saturated carbocycles. The van der Waals surface area contributed by atoms with Gasteiger partial charge in [-0.1, -0.05) is 46.3 Å². The Morgan fingerprint density at radius 2 is 1.86 bits per heavy atom. The first-order chi connectivity index (χ1) is 10.1. The third kappa shape index (κ3) is 3.01. The topological polar surface area (TPSA) is 37.3 Å². The standard InChI is InChI=1S/C17H13BrO2S/c18-13-7-5-11(6-8-13)15(17(19)20)9-12-10-21-16-4-2-1-3-14(12)16/h1-8,10,15H,9H2,(H,19,20). The number of rotatable bonds is 4. The van der Waals surface area contributed by atoms with E-state index in [0.717, 1.165) is 21.0 Å². The molecule has 1 N–H and O–H groups in total. The summed E-state index contributed by atoms with van der Waals surface area (Å²) in [5.74, 6) is -1.30. The van der Waals surface area contributed by atoms with Crippen molar-refractivity contribution < 1.29 is 9.90 Å². The van der Waals surface area contributed by atoms with E-state index in [4.69, 9.17) is 0 Å². The molecule has 3 aromatic rings. The van der Waals surface area contributed by atoms with Crippen molar-refractivity contribution >= 4 is 43.3 Å². The highest BCUT2D eigenvalue weighted by Gasteiger charge is 2.21. The molecule has 106 valence electrons. The molecule has 0 saturated heterocycles. The lowest BCUT2D eigenvalue weighted by atomic mass is 9.92. The van der Waals surface area contributed by atoms with Gasteiger partial charge in [0.25, 0.3) is 0 Å². The van der Waals surface area contributed by atoms with Crippen LogP contribution in [-0.2, 0) is 11.2 Å². The SMILES string of the molecule is O=C(O)C(Cc1csc2ccccc12)c1ccc(Br)cc1. The van der Waals surface area contributed by atoms with Crippen molar-refractivity contribution in [1.82, 2.24) is 0 Å². The third-order valence-corrected chi connectivity index (χ3v) is 5.10. The van der Waals surface area contributed by atoms with Crippen molar-refractivity contribution in [2.24, 2.45) is 0 Å². The molecular formula is C17H13BrO2S. The van der Waals surface area contributed by atoms with Gasteiger partial charge in [-0.3, -0.25) is 4.79 Å². The van der Waals surface area contributed by atoms with Crippen molar-refractivity contribution in [2.75, 3.05) is 0 Å². The Bertz CT molecular complexity index is 777. The van der Waals surface area contributed by atoms with Crippen LogP contribution in [0.1, 0.15) is 17.0 Å². The molecule has 0 radical (unpaired) electrons. The number of hydrogen-bond donors (Lipinski definition) is 1. The maximum absolute atomic E-state index is 11.6. The Kier molecular flexibility index (Phi) is 4.08. The van der Waals surface area contributed by atoms with Crippen LogP contribution < -0.4 is 0 Å². The molecule has 0 amide bonds. The largest absolute Gasteiger partial charge is 0.481 e. The van der Waals surface area contributed by atoms with Crippen LogP contribution in [0.25, 0.3) is 10.1 Å². The Labute approximate surface area is 135 Å². The second-order valence-electron chi connectivity index (χ2n) is 4.90. The highest BCUT2D eigenvalue weighted by atomic mass is 79.9. The van der Waals surface area contributed by atoms with Gasteiger partial charge in [0.15, 0.2) is 0 Å². The zero-order valence-electron chi connectivity index (χ0n) is 11.1. The van der Waals surface area contributed by atoms with E-state index in [1.54, 1.807) is 11.3 Å². The molecule has 0 bridgehead atoms. The van der Waals surface area contributed by atoms with Crippen molar-refractivity contribution in [3.05, 3.63) is 69.5 Å². The predicted molar refractivity (Wildman–Crippen MR) is 90.0 cm³/mol. The summed E-state index contributed by atoms with van der Waals surface area (Å²) in [5, 5.41) is 12.8. The molecule has 0 fully saturated rings. The molecular weight excluding hydrogens is 348 g/mol. The van der Waals surface area contributed by atoms with Crippen LogP contribution in [0.3, 0.4) is 0 Å². The van der Waals surface area contributed by atoms with Gasteiger partial charge in [0.2, 0.25) is 0 Å². The molecule has 0 aliphatic heterocycles. The Balaban J connectivity index is 1.96. The lowest BCUT2D eigenvalue weighted by Crippen LogP contribution is -2.14. The van der Waals surface area contributed by atoms with E-state index in [1.807, 2.05) is 36.4 Å². The number of fused-ring (bicyclic) bond motifs is 1. The number of aliphatic carboxylic acids is 1. The summed E-state index contributed by atoms with van der Waals surface area (Å²) < 4.78 is 2.16. The second-order valence-corrected chi connectivity index (χ2v) is 6.73. The Morgan fingerprint density at radius 3 is 2.57 bits per heavy atom. The van der Waals surface area contributed by atoms with E-state index >= 15 is 0 Å². The fraction of sp³-hybridized carbons (Fsp3) is 0.118. The maximum atomic E-state index is 11.6. The molecule has 4 heteroatoms. The summed E-state index contributed by atoms with van der Waals surface area (Å²) in [4.78, 5) is 11.6. The van der Waals surface area contributed by atoms with Gasteiger partial charge in [0, 0.05) is 9.17 Å². The minimum atomic E-state index is -0.785. The van der Waals surface area contributed by atoms with Crippen LogP contribution in [0.4, 0.5) is 0 Å². The van der Waals surface area contributed by atoms with Gasteiger partial charge in [-0.15, -0.1) is 11.3 Å². The van der Waals surface area contributed by atoms with Gasteiger partial charge in [0.05, 0.1) is 5.92 Å². The summed E-state index contributed by atoms with van der Waals surface area (Å²) in [7, 11) is 0. The predicted octanol–water partition coefficient (Wildman–Crippen LogP) is 5.07. The number of carboxylic acids is 1. The van der Waals surface area contributed by atoms with Crippen LogP contribution >= 0.6 is 27.3 Å². The summed E-state index contributed by atoms with van der Waals surface area (Å²) in [6, 6.07) is 15.6. The molecule has 1 atom stereocenters. The highest BCUT2D eigenvalue weighted by Crippen LogP contribution is 2.31. The number of carbonyl (C=O) groups is 1. The molecule has 0 spiro atoms. The fourth-order valence-electron chi connectivity index (χ4n) is 2.45. The van der Waals surface area contributed by atoms with Crippen LogP contribution in [-0.4, -0.2) is 11.1 Å². The van der Waals surface area contributed by atoms with E-state index in [1.165, 1.54) is 4.70 Å². The van der Waals surface area contributed by atoms with Crippen molar-refractivity contribution in [2.45, 2.75) is 12.3 Å². The minimum absolute atomic E-state index is 0.515. The van der Waals surface area contributed by atoms with Crippen LogP contribution in [0.15, 0.2) is 58.4 Å². The van der Waals surface area contributed by atoms with Gasteiger partial charge >= 0.3 is 5.97 Å². The van der Waals surface area contributed by atoms with E-state index in [9.17, 15) is 9.90 Å². The fourth-order valence-corrected chi connectivity index (χ4v) is 3.69. The lowest BCUT2D eigenvalue weighted by Gasteiger charge is -2.12. The zero-order chi connectivity index (χ0) is 14.8. The average molecular weight is 361 g/mol. The molecule has 1 heterocycles. The van der Waals surface area contributed by atoms with Gasteiger partial charge in [-0.2, -0.15) is 0 Å². The monoisotopic (exact) mass is 360 g/mol. The molecule has 1 aromatic heterocycles. The van der Waals surface area contributed by atoms with Crippen LogP contribution in [0.5, 0.6) is 0 Å². The van der Waals surface area contributed by atoms with Crippen LogP contribution in [0.2, 0.25) is 0 Å². The summed E-state index contributed by atoms with van der Waals surface area (Å²) in [6.45, 7) is 0. The first-order valence-corrected chi connectivity index (χ1v) is 8.26. The Hall–Kier alpha value is -1.65. The summed E-state index contributed by atoms with van der Waals surface area (Å²) in [6.07, 6.45) is 0.515. The first kappa shape index (κ1) is 14.3. The molecule has 3 rings (SSSR count). The van der Waals surface area contributed by atoms with Crippen LogP contribution in [0, 0.1) is 0 Å².